The van der Waals surface area contributed by atoms with Gasteiger partial charge in [0.25, 0.3) is 11.7 Å². The standard InChI is InChI=1S/C24H26N2O5/c1-16-2-4-18(5-3-16)22(28)20-21(17-6-8-19(27)9-7-17)26(24(30)23(20)29)11-10-25-12-14-31-15-13-25/h2-9,21,27-28H,10-15H2,1H3/t21-/m0/s1. The van der Waals surface area contributed by atoms with Crippen LogP contribution in [0, 0.1) is 6.92 Å². The van der Waals surface area contributed by atoms with Crippen LogP contribution in [0.1, 0.15) is 22.7 Å². The van der Waals surface area contributed by atoms with Crippen molar-refractivity contribution in [3.05, 3.63) is 70.8 Å². The molecular formula is C24H26N2O5. The summed E-state index contributed by atoms with van der Waals surface area (Å²) in [6.45, 7) is 5.73. The zero-order valence-electron chi connectivity index (χ0n) is 17.5. The molecule has 31 heavy (non-hydrogen) atoms. The topological polar surface area (TPSA) is 90.3 Å². The van der Waals surface area contributed by atoms with E-state index in [0.29, 0.717) is 37.4 Å². The van der Waals surface area contributed by atoms with E-state index < -0.39 is 17.7 Å². The lowest BCUT2D eigenvalue weighted by molar-refractivity contribution is -0.140. The van der Waals surface area contributed by atoms with Crippen LogP contribution in [-0.4, -0.2) is 71.1 Å². The predicted molar refractivity (Wildman–Crippen MR) is 116 cm³/mol. The molecule has 1 atom stereocenters. The lowest BCUT2D eigenvalue weighted by Gasteiger charge is -2.31. The third-order valence-electron chi connectivity index (χ3n) is 5.83. The second-order valence-electron chi connectivity index (χ2n) is 7.90. The van der Waals surface area contributed by atoms with Crippen molar-refractivity contribution in [3.8, 4) is 5.75 Å². The summed E-state index contributed by atoms with van der Waals surface area (Å²) in [5.74, 6) is -1.42. The molecule has 0 unspecified atom stereocenters. The van der Waals surface area contributed by atoms with E-state index in [1.165, 1.54) is 17.0 Å². The van der Waals surface area contributed by atoms with Crippen LogP contribution in [-0.2, 0) is 14.3 Å². The molecule has 0 spiro atoms. The fourth-order valence-electron chi connectivity index (χ4n) is 4.05. The van der Waals surface area contributed by atoms with Gasteiger partial charge in [0.1, 0.15) is 11.5 Å². The molecule has 0 radical (unpaired) electrons. The van der Waals surface area contributed by atoms with E-state index in [-0.39, 0.29) is 17.1 Å². The number of aliphatic hydroxyl groups excluding tert-OH is 1. The maximum absolute atomic E-state index is 13.0. The van der Waals surface area contributed by atoms with Crippen molar-refractivity contribution in [3.63, 3.8) is 0 Å². The van der Waals surface area contributed by atoms with Crippen molar-refractivity contribution in [1.29, 1.82) is 0 Å². The Morgan fingerprint density at radius 1 is 1.00 bits per heavy atom. The number of hydrogen-bond acceptors (Lipinski definition) is 6. The summed E-state index contributed by atoms with van der Waals surface area (Å²) in [6, 6.07) is 12.8. The lowest BCUT2D eigenvalue weighted by atomic mass is 9.95. The van der Waals surface area contributed by atoms with Crippen LogP contribution < -0.4 is 0 Å². The summed E-state index contributed by atoms with van der Waals surface area (Å²) in [5, 5.41) is 20.7. The first-order valence-electron chi connectivity index (χ1n) is 10.4. The number of carbonyl (C=O) groups is 2. The minimum absolute atomic E-state index is 0.0709. The molecule has 0 aromatic heterocycles. The van der Waals surface area contributed by atoms with Crippen molar-refractivity contribution < 1.29 is 24.5 Å². The van der Waals surface area contributed by atoms with Crippen LogP contribution in [0.5, 0.6) is 5.75 Å². The third kappa shape index (κ3) is 4.33. The highest BCUT2D eigenvalue weighted by molar-refractivity contribution is 6.46. The van der Waals surface area contributed by atoms with Gasteiger partial charge in [-0.15, -0.1) is 0 Å². The number of carbonyl (C=O) groups excluding carboxylic acids is 2. The summed E-state index contributed by atoms with van der Waals surface area (Å²) in [7, 11) is 0. The number of phenols is 1. The number of aliphatic hydroxyl groups is 1. The molecule has 0 bridgehead atoms. The normalized spacial score (nSPS) is 21.6. The van der Waals surface area contributed by atoms with Gasteiger partial charge in [-0.25, -0.2) is 0 Å². The quantitative estimate of drug-likeness (QED) is 0.437. The number of likely N-dealkylation sites (tertiary alicyclic amines) is 1. The fraction of sp³-hybridized carbons (Fsp3) is 0.333. The van der Waals surface area contributed by atoms with Crippen molar-refractivity contribution in [2.45, 2.75) is 13.0 Å². The molecule has 7 heteroatoms. The average molecular weight is 422 g/mol. The number of aromatic hydroxyl groups is 1. The number of benzene rings is 2. The number of morpholine rings is 1. The molecule has 2 aromatic carbocycles. The average Bonchev–Trinajstić information content (AvgIpc) is 3.04. The van der Waals surface area contributed by atoms with Crippen LogP contribution in [0.2, 0.25) is 0 Å². The predicted octanol–water partition coefficient (Wildman–Crippen LogP) is 2.45. The maximum atomic E-state index is 13.0. The van der Waals surface area contributed by atoms with E-state index in [4.69, 9.17) is 4.74 Å². The van der Waals surface area contributed by atoms with Gasteiger partial charge in [-0.3, -0.25) is 14.5 Å². The largest absolute Gasteiger partial charge is 0.508 e. The molecule has 2 fully saturated rings. The van der Waals surface area contributed by atoms with Crippen molar-refractivity contribution in [2.75, 3.05) is 39.4 Å². The minimum Gasteiger partial charge on any atom is -0.508 e. The number of aryl methyl sites for hydroxylation is 1. The molecule has 2 heterocycles. The summed E-state index contributed by atoms with van der Waals surface area (Å²) < 4.78 is 5.38. The number of Topliss-reactive ketones (excluding diaryl/α,β-unsaturated/α-hetero) is 1. The van der Waals surface area contributed by atoms with Gasteiger partial charge in [0.15, 0.2) is 0 Å². The molecule has 2 N–H and O–H groups in total. The van der Waals surface area contributed by atoms with E-state index in [9.17, 15) is 19.8 Å². The molecule has 4 rings (SSSR count). The van der Waals surface area contributed by atoms with Gasteiger partial charge in [0, 0.05) is 31.7 Å². The molecule has 2 aromatic rings. The van der Waals surface area contributed by atoms with Crippen LogP contribution in [0.3, 0.4) is 0 Å². The lowest BCUT2D eigenvalue weighted by Crippen LogP contribution is -2.42. The number of amides is 1. The zero-order valence-corrected chi connectivity index (χ0v) is 17.5. The number of ether oxygens (including phenoxy) is 1. The summed E-state index contributed by atoms with van der Waals surface area (Å²) in [4.78, 5) is 29.7. The number of hydrogen-bond donors (Lipinski definition) is 2. The third-order valence-corrected chi connectivity index (χ3v) is 5.83. The Morgan fingerprint density at radius 2 is 1.65 bits per heavy atom. The van der Waals surface area contributed by atoms with Gasteiger partial charge in [-0.05, 0) is 24.6 Å². The van der Waals surface area contributed by atoms with Crippen molar-refractivity contribution in [2.24, 2.45) is 0 Å². The molecule has 0 aliphatic carbocycles. The Bertz CT molecular complexity index is 992. The van der Waals surface area contributed by atoms with E-state index in [2.05, 4.69) is 4.90 Å². The van der Waals surface area contributed by atoms with Crippen LogP contribution in [0.25, 0.3) is 5.76 Å². The van der Waals surface area contributed by atoms with Crippen LogP contribution in [0.15, 0.2) is 54.1 Å². The van der Waals surface area contributed by atoms with Gasteiger partial charge in [-0.1, -0.05) is 42.0 Å². The second kappa shape index (κ2) is 8.91. The highest BCUT2D eigenvalue weighted by Gasteiger charge is 2.46. The highest BCUT2D eigenvalue weighted by Crippen LogP contribution is 2.39. The van der Waals surface area contributed by atoms with Gasteiger partial charge >= 0.3 is 0 Å². The Balaban J connectivity index is 1.72. The Labute approximate surface area is 181 Å². The maximum Gasteiger partial charge on any atom is 0.295 e. The van der Waals surface area contributed by atoms with Crippen molar-refractivity contribution >= 4 is 17.4 Å². The summed E-state index contributed by atoms with van der Waals surface area (Å²) in [6.07, 6.45) is 0. The summed E-state index contributed by atoms with van der Waals surface area (Å²) >= 11 is 0. The van der Waals surface area contributed by atoms with Gasteiger partial charge in [0.2, 0.25) is 0 Å². The molecule has 2 saturated heterocycles. The van der Waals surface area contributed by atoms with Gasteiger partial charge in [0.05, 0.1) is 24.8 Å². The second-order valence-corrected chi connectivity index (χ2v) is 7.90. The Kier molecular flexibility index (Phi) is 6.06. The molecule has 0 saturated carbocycles. The molecule has 1 amide bonds. The fourth-order valence-corrected chi connectivity index (χ4v) is 4.05. The molecule has 2 aliphatic rings. The number of rotatable bonds is 5. The zero-order chi connectivity index (χ0) is 22.0. The first kappa shape index (κ1) is 21.1. The minimum atomic E-state index is -0.719. The van der Waals surface area contributed by atoms with E-state index >= 15 is 0 Å². The van der Waals surface area contributed by atoms with Crippen molar-refractivity contribution in [1.82, 2.24) is 9.80 Å². The smallest absolute Gasteiger partial charge is 0.295 e. The number of ketones is 1. The molecule has 2 aliphatic heterocycles. The van der Waals surface area contributed by atoms with E-state index in [1.54, 1.807) is 24.3 Å². The van der Waals surface area contributed by atoms with E-state index in [0.717, 1.165) is 18.7 Å². The monoisotopic (exact) mass is 422 g/mol. The first-order chi connectivity index (χ1) is 15.0. The first-order valence-corrected chi connectivity index (χ1v) is 10.4. The molecule has 162 valence electrons. The number of phenolic OH excluding ortho intramolecular Hbond substituents is 1. The summed E-state index contributed by atoms with van der Waals surface area (Å²) in [5.41, 5.74) is 2.24. The SMILES string of the molecule is Cc1ccc(C(O)=C2C(=O)C(=O)N(CCN3CCOCC3)[C@H]2c2ccc(O)cc2)cc1. The van der Waals surface area contributed by atoms with Gasteiger partial charge in [-0.2, -0.15) is 0 Å². The highest BCUT2D eigenvalue weighted by atomic mass is 16.5. The van der Waals surface area contributed by atoms with Crippen LogP contribution >= 0.6 is 0 Å². The molecular weight excluding hydrogens is 396 g/mol. The Morgan fingerprint density at radius 3 is 2.29 bits per heavy atom. The van der Waals surface area contributed by atoms with Gasteiger partial charge < -0.3 is 19.8 Å². The number of nitrogens with zero attached hydrogens (tertiary/aromatic N) is 2. The van der Waals surface area contributed by atoms with Crippen LogP contribution in [0.4, 0.5) is 0 Å². The van der Waals surface area contributed by atoms with E-state index in [1.807, 2.05) is 19.1 Å². The molecule has 7 nitrogen and oxygen atoms in total. The Hall–Kier alpha value is -3.16.